The molecule has 3 aliphatic rings. The lowest BCUT2D eigenvalue weighted by Crippen LogP contribution is -2.61. The highest BCUT2D eigenvalue weighted by molar-refractivity contribution is 7.41. The van der Waals surface area contributed by atoms with Gasteiger partial charge in [-0.3, -0.25) is 0 Å². The van der Waals surface area contributed by atoms with Gasteiger partial charge in [0.25, 0.3) is 0 Å². The van der Waals surface area contributed by atoms with E-state index in [0.717, 1.165) is 12.8 Å². The zero-order valence-electron chi connectivity index (χ0n) is 9.47. The van der Waals surface area contributed by atoms with Crippen molar-refractivity contribution in [2.75, 3.05) is 6.61 Å². The van der Waals surface area contributed by atoms with Crippen LogP contribution in [0.4, 0.5) is 0 Å². The second kappa shape index (κ2) is 4.27. The van der Waals surface area contributed by atoms with Crippen molar-refractivity contribution in [1.82, 2.24) is 0 Å². The van der Waals surface area contributed by atoms with Crippen LogP contribution in [0.3, 0.4) is 0 Å². The van der Waals surface area contributed by atoms with Crippen molar-refractivity contribution < 1.29 is 18.7 Å². The quantitative estimate of drug-likeness (QED) is 0.760. The van der Waals surface area contributed by atoms with Gasteiger partial charge < -0.3 is 18.7 Å². The Morgan fingerprint density at radius 1 is 1.20 bits per heavy atom. The Morgan fingerprint density at radius 2 is 1.80 bits per heavy atom. The minimum Gasteiger partial charge on any atom is -0.395 e. The average molecular weight is 234 g/mol. The number of fused-ring (bicyclic) bond motifs is 3. The molecular weight excluding hydrogens is 215 g/mol. The van der Waals surface area contributed by atoms with Crippen molar-refractivity contribution in [2.45, 2.75) is 51.9 Å². The van der Waals surface area contributed by atoms with Gasteiger partial charge in [-0.05, 0) is 20.3 Å². The Hall–Kier alpha value is 0.270. The van der Waals surface area contributed by atoms with Crippen LogP contribution in [0.5, 0.6) is 0 Å². The van der Waals surface area contributed by atoms with Crippen LogP contribution in [-0.2, 0) is 13.6 Å². The number of aliphatic hydroxyl groups is 1. The highest BCUT2D eigenvalue weighted by Crippen LogP contribution is 2.62. The normalized spacial score (nSPS) is 49.6. The van der Waals surface area contributed by atoms with Crippen molar-refractivity contribution in [1.29, 1.82) is 0 Å². The van der Waals surface area contributed by atoms with Gasteiger partial charge in [-0.1, -0.05) is 13.3 Å². The summed E-state index contributed by atoms with van der Waals surface area (Å²) < 4.78 is 16.9. The molecule has 3 fully saturated rings. The van der Waals surface area contributed by atoms with Crippen LogP contribution in [0.1, 0.15) is 33.6 Å². The van der Waals surface area contributed by atoms with Gasteiger partial charge in [0.2, 0.25) is 0 Å². The van der Waals surface area contributed by atoms with Crippen molar-refractivity contribution >= 4 is 8.60 Å². The molecule has 4 nitrogen and oxygen atoms in total. The molecule has 0 radical (unpaired) electrons. The summed E-state index contributed by atoms with van der Waals surface area (Å²) in [6.45, 7) is 6.20. The van der Waals surface area contributed by atoms with Crippen molar-refractivity contribution in [3.63, 3.8) is 0 Å². The minimum atomic E-state index is -1.18. The fourth-order valence-electron chi connectivity index (χ4n) is 2.53. The van der Waals surface area contributed by atoms with E-state index in [0.29, 0.717) is 0 Å². The van der Waals surface area contributed by atoms with Gasteiger partial charge in [0.15, 0.2) is 0 Å². The SMILES string of the molecule is CCCC1OP2OC(C)C1(CO)C(C)O2. The van der Waals surface area contributed by atoms with Crippen LogP contribution in [0.2, 0.25) is 0 Å². The second-order valence-corrected chi connectivity index (χ2v) is 5.45. The summed E-state index contributed by atoms with van der Waals surface area (Å²) in [7, 11) is -1.18. The zero-order chi connectivity index (χ0) is 11.1. The van der Waals surface area contributed by atoms with Crippen molar-refractivity contribution in [2.24, 2.45) is 5.41 Å². The Morgan fingerprint density at radius 3 is 2.27 bits per heavy atom. The maximum Gasteiger partial charge on any atom is 0.333 e. The van der Waals surface area contributed by atoms with Gasteiger partial charge >= 0.3 is 8.60 Å². The van der Waals surface area contributed by atoms with Gasteiger partial charge in [-0.25, -0.2) is 0 Å². The van der Waals surface area contributed by atoms with Crippen molar-refractivity contribution in [3.05, 3.63) is 0 Å². The summed E-state index contributed by atoms with van der Waals surface area (Å²) in [6, 6.07) is 0. The molecule has 0 spiro atoms. The molecule has 0 saturated carbocycles. The Labute approximate surface area is 91.9 Å². The van der Waals surface area contributed by atoms with Gasteiger partial charge in [0.05, 0.1) is 30.3 Å². The van der Waals surface area contributed by atoms with Gasteiger partial charge in [-0.15, -0.1) is 0 Å². The summed E-state index contributed by atoms with van der Waals surface area (Å²) in [4.78, 5) is 0. The first-order valence-electron chi connectivity index (χ1n) is 5.56. The molecule has 0 aromatic heterocycles. The van der Waals surface area contributed by atoms with E-state index in [4.69, 9.17) is 13.6 Å². The first-order chi connectivity index (χ1) is 7.15. The number of hydrogen-bond acceptors (Lipinski definition) is 4. The third-order valence-electron chi connectivity index (χ3n) is 3.64. The molecule has 0 amide bonds. The molecule has 3 heterocycles. The predicted octanol–water partition coefficient (Wildman–Crippen LogP) is 2.21. The molecular formula is C10H19O4P. The van der Waals surface area contributed by atoms with E-state index in [9.17, 15) is 5.11 Å². The molecule has 0 aromatic carbocycles. The molecule has 15 heavy (non-hydrogen) atoms. The highest BCUT2D eigenvalue weighted by atomic mass is 31.2. The molecule has 0 aromatic rings. The summed E-state index contributed by atoms with van der Waals surface area (Å²) in [5.41, 5.74) is -0.382. The lowest BCUT2D eigenvalue weighted by Gasteiger charge is -2.56. The van der Waals surface area contributed by atoms with E-state index in [-0.39, 0.29) is 30.3 Å². The molecule has 5 heteroatoms. The topological polar surface area (TPSA) is 47.9 Å². The molecule has 3 saturated heterocycles. The maximum atomic E-state index is 9.67. The smallest absolute Gasteiger partial charge is 0.333 e. The average Bonchev–Trinajstić information content (AvgIpc) is 2.17. The number of rotatable bonds is 3. The van der Waals surface area contributed by atoms with Gasteiger partial charge in [0.1, 0.15) is 0 Å². The van der Waals surface area contributed by atoms with E-state index >= 15 is 0 Å². The molecule has 88 valence electrons. The largest absolute Gasteiger partial charge is 0.395 e. The zero-order valence-corrected chi connectivity index (χ0v) is 10.4. The fraction of sp³-hybridized carbons (Fsp3) is 1.00. The molecule has 3 aliphatic heterocycles. The first kappa shape index (κ1) is 11.7. The third-order valence-corrected chi connectivity index (χ3v) is 5.04. The van der Waals surface area contributed by atoms with E-state index < -0.39 is 8.60 Å². The molecule has 0 aliphatic carbocycles. The maximum absolute atomic E-state index is 9.67. The summed E-state index contributed by atoms with van der Waals surface area (Å²) >= 11 is 0. The Bertz CT molecular complexity index is 223. The standard InChI is InChI=1S/C10H19O4P/c1-4-5-9-10(6-11)7(2)12-15(14-9)13-8(10)3/h7-9,11H,4-6H2,1-3H3. The van der Waals surface area contributed by atoms with E-state index in [1.54, 1.807) is 0 Å². The van der Waals surface area contributed by atoms with E-state index in [1.807, 2.05) is 13.8 Å². The van der Waals surface area contributed by atoms with Crippen LogP contribution < -0.4 is 0 Å². The van der Waals surface area contributed by atoms with E-state index in [1.165, 1.54) is 0 Å². The van der Waals surface area contributed by atoms with Gasteiger partial charge in [-0.2, -0.15) is 0 Å². The summed E-state index contributed by atoms with van der Waals surface area (Å²) in [5.74, 6) is 0. The Balaban J connectivity index is 2.26. The predicted molar refractivity (Wildman–Crippen MR) is 57.3 cm³/mol. The molecule has 2 bridgehead atoms. The summed E-state index contributed by atoms with van der Waals surface area (Å²) in [6.07, 6.45) is 2.12. The molecule has 3 rings (SSSR count). The molecule has 1 N–H and O–H groups in total. The van der Waals surface area contributed by atoms with Crippen LogP contribution in [-0.4, -0.2) is 30.0 Å². The monoisotopic (exact) mass is 234 g/mol. The second-order valence-electron chi connectivity index (χ2n) is 4.37. The van der Waals surface area contributed by atoms with Crippen LogP contribution >= 0.6 is 8.60 Å². The number of hydrogen-bond donors (Lipinski definition) is 1. The minimum absolute atomic E-state index is 0.0164. The Kier molecular flexibility index (Phi) is 3.34. The highest BCUT2D eigenvalue weighted by Gasteiger charge is 2.59. The molecule has 3 unspecified atom stereocenters. The van der Waals surface area contributed by atoms with E-state index in [2.05, 4.69) is 6.92 Å². The van der Waals surface area contributed by atoms with Crippen LogP contribution in [0.15, 0.2) is 0 Å². The lowest BCUT2D eigenvalue weighted by molar-refractivity contribution is -0.207. The summed E-state index contributed by atoms with van der Waals surface area (Å²) in [5, 5.41) is 9.67. The number of aliphatic hydroxyl groups excluding tert-OH is 1. The molecule has 3 atom stereocenters. The van der Waals surface area contributed by atoms with Crippen LogP contribution in [0.25, 0.3) is 0 Å². The third kappa shape index (κ3) is 1.63. The lowest BCUT2D eigenvalue weighted by atomic mass is 9.72. The fourth-order valence-corrected chi connectivity index (χ4v) is 4.10. The van der Waals surface area contributed by atoms with Crippen molar-refractivity contribution in [3.8, 4) is 0 Å². The van der Waals surface area contributed by atoms with Crippen LogP contribution in [0, 0.1) is 5.41 Å². The first-order valence-corrected chi connectivity index (χ1v) is 6.66. The van der Waals surface area contributed by atoms with Gasteiger partial charge in [0, 0.05) is 0 Å².